The summed E-state index contributed by atoms with van der Waals surface area (Å²) >= 11 is 0. The van der Waals surface area contributed by atoms with Crippen molar-refractivity contribution in [1.29, 1.82) is 0 Å². The Morgan fingerprint density at radius 2 is 1.74 bits per heavy atom. The summed E-state index contributed by atoms with van der Waals surface area (Å²) in [5.41, 5.74) is 0.503. The van der Waals surface area contributed by atoms with Gasteiger partial charge in [-0.05, 0) is 29.8 Å². The largest absolute Gasteiger partial charge is 0.457 e. The maximum Gasteiger partial charge on any atom is 0.127 e. The van der Waals surface area contributed by atoms with Crippen LogP contribution < -0.4 is 10.1 Å². The zero-order valence-electron chi connectivity index (χ0n) is 10.7. The highest BCUT2D eigenvalue weighted by atomic mass is 16.5. The second-order valence-corrected chi connectivity index (χ2v) is 5.07. The minimum absolute atomic E-state index is 0.592. The molecule has 3 rings (SSSR count). The Kier molecular flexibility index (Phi) is 3.23. The van der Waals surface area contributed by atoms with E-state index in [2.05, 4.69) is 5.32 Å². The Morgan fingerprint density at radius 1 is 1.00 bits per heavy atom. The molecule has 0 bridgehead atoms. The van der Waals surface area contributed by atoms with E-state index in [-0.39, 0.29) is 0 Å². The fraction of sp³-hybridized carbons (Fsp3) is 0.250. The third kappa shape index (κ3) is 2.95. The third-order valence-electron chi connectivity index (χ3n) is 3.32. The summed E-state index contributed by atoms with van der Waals surface area (Å²) in [6, 6.07) is 17.6. The predicted molar refractivity (Wildman–Crippen MR) is 74.5 cm³/mol. The molecule has 0 spiro atoms. The number of rotatable bonds is 4. The normalized spacial score (nSPS) is 16.7. The van der Waals surface area contributed by atoms with Crippen LogP contribution in [0.3, 0.4) is 0 Å². The summed E-state index contributed by atoms with van der Waals surface area (Å²) in [4.78, 5) is 0. The van der Waals surface area contributed by atoms with E-state index in [1.54, 1.807) is 0 Å². The van der Waals surface area contributed by atoms with E-state index >= 15 is 0 Å². The Labute approximate surface area is 112 Å². The first-order valence-electron chi connectivity index (χ1n) is 6.49. The van der Waals surface area contributed by atoms with Crippen molar-refractivity contribution in [3.05, 3.63) is 60.2 Å². The van der Waals surface area contributed by atoms with Crippen molar-refractivity contribution in [1.82, 2.24) is 5.32 Å². The van der Waals surface area contributed by atoms with E-state index in [1.807, 2.05) is 54.6 Å². The Bertz CT molecular complexity index is 550. The van der Waals surface area contributed by atoms with Crippen LogP contribution in [-0.4, -0.2) is 23.8 Å². The summed E-state index contributed by atoms with van der Waals surface area (Å²) < 4.78 is 5.79. The molecule has 3 heteroatoms. The van der Waals surface area contributed by atoms with Crippen LogP contribution in [0.15, 0.2) is 54.6 Å². The maximum atomic E-state index is 10.1. The number of nitrogens with one attached hydrogen (secondary N) is 1. The van der Waals surface area contributed by atoms with Gasteiger partial charge in [-0.2, -0.15) is 0 Å². The molecule has 1 heterocycles. The first-order chi connectivity index (χ1) is 9.23. The molecule has 0 radical (unpaired) electrons. The van der Waals surface area contributed by atoms with Crippen molar-refractivity contribution in [2.75, 3.05) is 13.1 Å². The molecule has 0 aromatic heterocycles. The first kappa shape index (κ1) is 12.2. The second kappa shape index (κ2) is 5.03. The van der Waals surface area contributed by atoms with E-state index in [1.165, 1.54) is 0 Å². The van der Waals surface area contributed by atoms with Gasteiger partial charge in [-0.3, -0.25) is 0 Å². The highest BCUT2D eigenvalue weighted by Crippen LogP contribution is 2.24. The Morgan fingerprint density at radius 3 is 2.42 bits per heavy atom. The molecule has 0 unspecified atom stereocenters. The fourth-order valence-electron chi connectivity index (χ4n) is 2.26. The third-order valence-corrected chi connectivity index (χ3v) is 3.32. The van der Waals surface area contributed by atoms with Gasteiger partial charge in [0.25, 0.3) is 0 Å². The molecule has 1 fully saturated rings. The van der Waals surface area contributed by atoms with Crippen LogP contribution in [0.4, 0.5) is 0 Å². The number of hydrogen-bond donors (Lipinski definition) is 2. The lowest BCUT2D eigenvalue weighted by Gasteiger charge is -2.37. The van der Waals surface area contributed by atoms with Gasteiger partial charge in [0, 0.05) is 19.5 Å². The number of β-amino-alcohol motifs (C(OH)–C–C–N with tert-alkyl or cyclic N) is 1. The molecule has 98 valence electrons. The first-order valence-corrected chi connectivity index (χ1v) is 6.49. The average molecular weight is 255 g/mol. The zero-order valence-corrected chi connectivity index (χ0v) is 10.7. The minimum Gasteiger partial charge on any atom is -0.457 e. The SMILES string of the molecule is OC1(Cc2cccc(Oc3ccccc3)c2)CNC1. The lowest BCUT2D eigenvalue weighted by atomic mass is 9.89. The molecule has 0 aliphatic carbocycles. The van der Waals surface area contributed by atoms with E-state index < -0.39 is 5.60 Å². The van der Waals surface area contributed by atoms with E-state index in [0.29, 0.717) is 19.5 Å². The number of ether oxygens (including phenoxy) is 1. The summed E-state index contributed by atoms with van der Waals surface area (Å²) in [6.45, 7) is 1.33. The predicted octanol–water partition coefficient (Wildman–Crippen LogP) is 2.36. The molecule has 0 atom stereocenters. The molecule has 1 aliphatic rings. The van der Waals surface area contributed by atoms with E-state index in [0.717, 1.165) is 17.1 Å². The van der Waals surface area contributed by atoms with Crippen molar-refractivity contribution in [2.24, 2.45) is 0 Å². The van der Waals surface area contributed by atoms with Gasteiger partial charge in [0.05, 0.1) is 5.60 Å². The molecule has 2 aromatic rings. The van der Waals surface area contributed by atoms with Crippen molar-refractivity contribution < 1.29 is 9.84 Å². The van der Waals surface area contributed by atoms with Gasteiger partial charge in [0.1, 0.15) is 11.5 Å². The lowest BCUT2D eigenvalue weighted by Crippen LogP contribution is -2.60. The zero-order chi connectivity index (χ0) is 13.1. The second-order valence-electron chi connectivity index (χ2n) is 5.07. The molecule has 0 amide bonds. The highest BCUT2D eigenvalue weighted by Gasteiger charge is 2.34. The average Bonchev–Trinajstić information content (AvgIpc) is 2.38. The maximum absolute atomic E-state index is 10.1. The van der Waals surface area contributed by atoms with Crippen LogP contribution in [0.2, 0.25) is 0 Å². The van der Waals surface area contributed by atoms with Crippen molar-refractivity contribution in [3.63, 3.8) is 0 Å². The summed E-state index contributed by atoms with van der Waals surface area (Å²) in [7, 11) is 0. The topological polar surface area (TPSA) is 41.5 Å². The summed E-state index contributed by atoms with van der Waals surface area (Å²) in [5, 5.41) is 13.2. The van der Waals surface area contributed by atoms with Gasteiger partial charge < -0.3 is 15.2 Å². The van der Waals surface area contributed by atoms with Crippen molar-refractivity contribution >= 4 is 0 Å². The lowest BCUT2D eigenvalue weighted by molar-refractivity contribution is -0.00903. The fourth-order valence-corrected chi connectivity index (χ4v) is 2.26. The van der Waals surface area contributed by atoms with Gasteiger partial charge in [-0.25, -0.2) is 0 Å². The molecule has 3 nitrogen and oxygen atoms in total. The van der Waals surface area contributed by atoms with Crippen molar-refractivity contribution in [2.45, 2.75) is 12.0 Å². The van der Waals surface area contributed by atoms with Crippen LogP contribution in [0.1, 0.15) is 5.56 Å². The molecule has 0 saturated carbocycles. The standard InChI is InChI=1S/C16H17NO2/c18-16(11-17-12-16)10-13-5-4-8-15(9-13)19-14-6-2-1-3-7-14/h1-9,17-18H,10-12H2. The molecule has 2 aromatic carbocycles. The quantitative estimate of drug-likeness (QED) is 0.881. The van der Waals surface area contributed by atoms with Crippen LogP contribution in [0.25, 0.3) is 0 Å². The minimum atomic E-state index is -0.592. The molecule has 1 saturated heterocycles. The van der Waals surface area contributed by atoms with Crippen LogP contribution in [0.5, 0.6) is 11.5 Å². The van der Waals surface area contributed by atoms with E-state index in [4.69, 9.17) is 4.74 Å². The monoisotopic (exact) mass is 255 g/mol. The molecule has 2 N–H and O–H groups in total. The smallest absolute Gasteiger partial charge is 0.127 e. The number of para-hydroxylation sites is 1. The van der Waals surface area contributed by atoms with E-state index in [9.17, 15) is 5.11 Å². The molecular formula is C16H17NO2. The molecule has 1 aliphatic heterocycles. The van der Waals surface area contributed by atoms with Gasteiger partial charge >= 0.3 is 0 Å². The summed E-state index contributed by atoms with van der Waals surface area (Å²) in [5.74, 6) is 1.63. The van der Waals surface area contributed by atoms with Gasteiger partial charge in [0.15, 0.2) is 0 Å². The Balaban J connectivity index is 1.73. The molecular weight excluding hydrogens is 238 g/mol. The van der Waals surface area contributed by atoms with Gasteiger partial charge in [-0.1, -0.05) is 30.3 Å². The number of aliphatic hydroxyl groups is 1. The summed E-state index contributed by atoms with van der Waals surface area (Å²) in [6.07, 6.45) is 0.659. The van der Waals surface area contributed by atoms with Crippen molar-refractivity contribution in [3.8, 4) is 11.5 Å². The van der Waals surface area contributed by atoms with Crippen LogP contribution >= 0.6 is 0 Å². The Hall–Kier alpha value is -1.84. The molecule has 19 heavy (non-hydrogen) atoms. The number of hydrogen-bond acceptors (Lipinski definition) is 3. The van der Waals surface area contributed by atoms with Crippen LogP contribution in [-0.2, 0) is 6.42 Å². The number of benzene rings is 2. The van der Waals surface area contributed by atoms with Gasteiger partial charge in [-0.15, -0.1) is 0 Å². The highest BCUT2D eigenvalue weighted by molar-refractivity contribution is 5.34. The van der Waals surface area contributed by atoms with Gasteiger partial charge in [0.2, 0.25) is 0 Å². The van der Waals surface area contributed by atoms with Crippen LogP contribution in [0, 0.1) is 0 Å².